The lowest BCUT2D eigenvalue weighted by Crippen LogP contribution is -2.18. The first kappa shape index (κ1) is 18.6. The van der Waals surface area contributed by atoms with E-state index in [0.29, 0.717) is 0 Å². The molecule has 0 bridgehead atoms. The van der Waals surface area contributed by atoms with E-state index in [1.807, 2.05) is 6.07 Å². The van der Waals surface area contributed by atoms with E-state index < -0.39 is 21.8 Å². The minimum Gasteiger partial charge on any atom is -0.376 e. The fraction of sp³-hybridized carbons (Fsp3) is 0.188. The molecule has 0 saturated carbocycles. The Bertz CT molecular complexity index is 932. The van der Waals surface area contributed by atoms with E-state index in [1.165, 1.54) is 29.2 Å². The highest BCUT2D eigenvalue weighted by atomic mass is 32.2. The van der Waals surface area contributed by atoms with Gasteiger partial charge in [0.25, 0.3) is 10.0 Å². The number of sulfonamides is 1. The molecule has 0 aliphatic carbocycles. The first-order valence-corrected chi connectivity index (χ1v) is 8.44. The fourth-order valence-electron chi connectivity index (χ4n) is 2.12. The summed E-state index contributed by atoms with van der Waals surface area (Å²) in [5.74, 6) is 0. The molecule has 0 atom stereocenters. The Morgan fingerprint density at radius 1 is 1.12 bits per heavy atom. The molecule has 0 spiro atoms. The van der Waals surface area contributed by atoms with Crippen LogP contribution in [0.2, 0.25) is 0 Å². The molecule has 25 heavy (non-hydrogen) atoms. The number of alkyl halides is 3. The third-order valence-corrected chi connectivity index (χ3v) is 4.69. The Balaban J connectivity index is 2.52. The molecule has 0 aromatic heterocycles. The maximum absolute atomic E-state index is 12.9. The molecule has 2 aromatic rings. The maximum Gasteiger partial charge on any atom is 0.416 e. The first-order valence-electron chi connectivity index (χ1n) is 6.96. The first-order chi connectivity index (χ1) is 11.5. The summed E-state index contributed by atoms with van der Waals surface area (Å²) >= 11 is 0. The van der Waals surface area contributed by atoms with Crippen molar-refractivity contribution in [3.8, 4) is 6.07 Å². The van der Waals surface area contributed by atoms with Crippen molar-refractivity contribution < 1.29 is 21.6 Å². The van der Waals surface area contributed by atoms with Crippen molar-refractivity contribution in [2.45, 2.75) is 11.1 Å². The molecule has 0 fully saturated rings. The zero-order valence-electron chi connectivity index (χ0n) is 13.3. The van der Waals surface area contributed by atoms with Gasteiger partial charge in [0, 0.05) is 14.1 Å². The average Bonchev–Trinajstić information content (AvgIpc) is 2.53. The molecule has 0 saturated heterocycles. The number of anilines is 2. The van der Waals surface area contributed by atoms with Gasteiger partial charge in [0.15, 0.2) is 0 Å². The predicted molar refractivity (Wildman–Crippen MR) is 87.7 cm³/mol. The molecule has 0 amide bonds. The van der Waals surface area contributed by atoms with Gasteiger partial charge < -0.3 is 4.90 Å². The van der Waals surface area contributed by atoms with Crippen LogP contribution in [0, 0.1) is 11.3 Å². The van der Waals surface area contributed by atoms with Crippen LogP contribution in [0.15, 0.2) is 47.4 Å². The summed E-state index contributed by atoms with van der Waals surface area (Å²) in [6, 6.07) is 9.82. The number of nitrogens with zero attached hydrogens (tertiary/aromatic N) is 2. The summed E-state index contributed by atoms with van der Waals surface area (Å²) in [7, 11) is -0.999. The van der Waals surface area contributed by atoms with Gasteiger partial charge in [-0.2, -0.15) is 18.4 Å². The van der Waals surface area contributed by atoms with Crippen molar-refractivity contribution in [1.82, 2.24) is 0 Å². The summed E-state index contributed by atoms with van der Waals surface area (Å²) in [5, 5.41) is 8.86. The molecular weight excluding hydrogens is 355 g/mol. The fourth-order valence-corrected chi connectivity index (χ4v) is 3.23. The zero-order valence-corrected chi connectivity index (χ0v) is 14.1. The number of benzene rings is 2. The minimum atomic E-state index is -4.61. The van der Waals surface area contributed by atoms with E-state index in [0.717, 1.165) is 18.2 Å². The average molecular weight is 369 g/mol. The molecule has 5 nitrogen and oxygen atoms in total. The van der Waals surface area contributed by atoms with Crippen molar-refractivity contribution in [1.29, 1.82) is 5.26 Å². The molecule has 9 heteroatoms. The highest BCUT2D eigenvalue weighted by Crippen LogP contribution is 2.35. The van der Waals surface area contributed by atoms with Crippen LogP contribution in [0.1, 0.15) is 11.1 Å². The Kier molecular flexibility index (Phi) is 4.94. The van der Waals surface area contributed by atoms with E-state index in [2.05, 4.69) is 4.72 Å². The van der Waals surface area contributed by atoms with Crippen molar-refractivity contribution in [2.75, 3.05) is 23.7 Å². The third-order valence-electron chi connectivity index (χ3n) is 3.32. The second kappa shape index (κ2) is 6.64. The van der Waals surface area contributed by atoms with Crippen LogP contribution in [0.4, 0.5) is 24.5 Å². The van der Waals surface area contributed by atoms with Gasteiger partial charge >= 0.3 is 6.18 Å². The Morgan fingerprint density at radius 2 is 1.80 bits per heavy atom. The smallest absolute Gasteiger partial charge is 0.376 e. The van der Waals surface area contributed by atoms with Gasteiger partial charge in [-0.3, -0.25) is 4.72 Å². The van der Waals surface area contributed by atoms with Gasteiger partial charge in [0.2, 0.25) is 0 Å². The van der Waals surface area contributed by atoms with E-state index in [1.54, 1.807) is 14.1 Å². The van der Waals surface area contributed by atoms with Crippen molar-refractivity contribution in [3.05, 3.63) is 53.6 Å². The van der Waals surface area contributed by atoms with E-state index in [-0.39, 0.29) is 21.8 Å². The van der Waals surface area contributed by atoms with Crippen LogP contribution in [-0.4, -0.2) is 22.5 Å². The van der Waals surface area contributed by atoms with Crippen LogP contribution < -0.4 is 9.62 Å². The second-order valence-electron chi connectivity index (χ2n) is 5.37. The van der Waals surface area contributed by atoms with Gasteiger partial charge in [-0.05, 0) is 36.4 Å². The lowest BCUT2D eigenvalue weighted by atomic mass is 10.1. The van der Waals surface area contributed by atoms with Crippen LogP contribution >= 0.6 is 0 Å². The van der Waals surface area contributed by atoms with Gasteiger partial charge in [-0.15, -0.1) is 0 Å². The molecule has 0 radical (unpaired) electrons. The minimum absolute atomic E-state index is 0.125. The van der Waals surface area contributed by atoms with Crippen molar-refractivity contribution >= 4 is 21.4 Å². The van der Waals surface area contributed by atoms with Crippen molar-refractivity contribution in [3.63, 3.8) is 0 Å². The molecule has 1 N–H and O–H groups in total. The number of hydrogen-bond acceptors (Lipinski definition) is 4. The summed E-state index contributed by atoms with van der Waals surface area (Å²) in [6.45, 7) is 0. The lowest BCUT2D eigenvalue weighted by molar-refractivity contribution is -0.137. The zero-order chi connectivity index (χ0) is 18.8. The van der Waals surface area contributed by atoms with E-state index in [4.69, 9.17) is 5.26 Å². The van der Waals surface area contributed by atoms with E-state index in [9.17, 15) is 21.6 Å². The van der Waals surface area contributed by atoms with E-state index >= 15 is 0 Å². The van der Waals surface area contributed by atoms with Crippen LogP contribution in [0.25, 0.3) is 0 Å². The standard InChI is InChI=1S/C16H14F3N3O2S/c1-22(2)15-7-6-12(16(17,18)19)9-14(15)21-25(23,24)13-5-3-4-11(8-13)10-20/h3-9,21H,1-2H3. The molecule has 0 aliphatic rings. The summed E-state index contributed by atoms with van der Waals surface area (Å²) < 4.78 is 65.9. The quantitative estimate of drug-likeness (QED) is 0.896. The highest BCUT2D eigenvalue weighted by molar-refractivity contribution is 7.92. The molecule has 2 rings (SSSR count). The SMILES string of the molecule is CN(C)c1ccc(C(F)(F)F)cc1NS(=O)(=O)c1cccc(C#N)c1. The molecule has 0 aliphatic heterocycles. The molecular formula is C16H14F3N3O2S. The Hall–Kier alpha value is -2.73. The normalized spacial score (nSPS) is 11.7. The summed E-state index contributed by atoms with van der Waals surface area (Å²) in [4.78, 5) is 1.28. The largest absolute Gasteiger partial charge is 0.416 e. The molecule has 0 heterocycles. The van der Waals surface area contributed by atoms with Gasteiger partial charge in [0.05, 0.1) is 33.5 Å². The maximum atomic E-state index is 12.9. The number of nitrogens with one attached hydrogen (secondary N) is 1. The molecule has 2 aromatic carbocycles. The third kappa shape index (κ3) is 4.22. The predicted octanol–water partition coefficient (Wildman–Crippen LogP) is 3.44. The van der Waals surface area contributed by atoms with Gasteiger partial charge in [-0.25, -0.2) is 8.42 Å². The van der Waals surface area contributed by atoms with Crippen LogP contribution in [-0.2, 0) is 16.2 Å². The number of rotatable bonds is 4. The van der Waals surface area contributed by atoms with Crippen LogP contribution in [0.3, 0.4) is 0 Å². The van der Waals surface area contributed by atoms with Gasteiger partial charge in [0.1, 0.15) is 0 Å². The van der Waals surface area contributed by atoms with Crippen molar-refractivity contribution in [2.24, 2.45) is 0 Å². The molecule has 132 valence electrons. The second-order valence-corrected chi connectivity index (χ2v) is 7.05. The lowest BCUT2D eigenvalue weighted by Gasteiger charge is -2.20. The number of hydrogen-bond donors (Lipinski definition) is 1. The molecule has 0 unspecified atom stereocenters. The summed E-state index contributed by atoms with van der Waals surface area (Å²) in [6.07, 6.45) is -4.61. The summed E-state index contributed by atoms with van der Waals surface area (Å²) in [5.41, 5.74) is -0.781. The topological polar surface area (TPSA) is 73.2 Å². The number of halogens is 3. The Morgan fingerprint density at radius 3 is 2.36 bits per heavy atom. The van der Waals surface area contributed by atoms with Gasteiger partial charge in [-0.1, -0.05) is 6.07 Å². The highest BCUT2D eigenvalue weighted by Gasteiger charge is 2.31. The van der Waals surface area contributed by atoms with Crippen LogP contribution in [0.5, 0.6) is 0 Å². The monoisotopic (exact) mass is 369 g/mol. The Labute approximate surface area is 143 Å². The number of nitriles is 1.